The van der Waals surface area contributed by atoms with Gasteiger partial charge in [-0.25, -0.2) is 8.42 Å². The largest absolute Gasteiger partial charge is 0.497 e. The molecule has 1 aromatic carbocycles. The zero-order valence-electron chi connectivity index (χ0n) is 9.71. The summed E-state index contributed by atoms with van der Waals surface area (Å²) in [5.74, 6) is 1.15. The first-order chi connectivity index (χ1) is 7.99. The first kappa shape index (κ1) is 12.2. The molecule has 5 nitrogen and oxygen atoms in total. The fraction of sp³-hybridized carbons (Fsp3) is 0.455. The molecule has 1 aliphatic rings. The van der Waals surface area contributed by atoms with Gasteiger partial charge in [-0.05, 0) is 6.07 Å². The second kappa shape index (κ2) is 4.19. The van der Waals surface area contributed by atoms with Crippen LogP contribution in [0.5, 0.6) is 11.5 Å². The maximum absolute atomic E-state index is 11.7. The molecule has 0 spiro atoms. The van der Waals surface area contributed by atoms with E-state index in [1.54, 1.807) is 25.3 Å². The number of methoxy groups -OCH3 is 2. The summed E-state index contributed by atoms with van der Waals surface area (Å²) in [7, 11) is -0.0854. The minimum atomic E-state index is -3.12. The van der Waals surface area contributed by atoms with Crippen molar-refractivity contribution < 1.29 is 17.9 Å². The maximum Gasteiger partial charge on any atom is 0.160 e. The van der Waals surface area contributed by atoms with Crippen molar-refractivity contribution in [1.29, 1.82) is 0 Å². The molecule has 0 aliphatic carbocycles. The Kier molecular flexibility index (Phi) is 3.01. The summed E-state index contributed by atoms with van der Waals surface area (Å²) in [5.41, 5.74) is 6.36. The van der Waals surface area contributed by atoms with Crippen LogP contribution >= 0.6 is 0 Å². The van der Waals surface area contributed by atoms with Crippen LogP contribution in [0, 0.1) is 0 Å². The molecule has 1 heterocycles. The molecule has 17 heavy (non-hydrogen) atoms. The summed E-state index contributed by atoms with van der Waals surface area (Å²) in [6.45, 7) is 0. The van der Waals surface area contributed by atoms with E-state index in [0.717, 1.165) is 0 Å². The average Bonchev–Trinajstić information content (AvgIpc) is 2.28. The van der Waals surface area contributed by atoms with E-state index in [-0.39, 0.29) is 11.8 Å². The molecule has 1 aliphatic heterocycles. The molecule has 0 bridgehead atoms. The minimum Gasteiger partial charge on any atom is -0.497 e. The van der Waals surface area contributed by atoms with E-state index >= 15 is 0 Å². The van der Waals surface area contributed by atoms with Gasteiger partial charge in [0.2, 0.25) is 0 Å². The van der Waals surface area contributed by atoms with Crippen molar-refractivity contribution in [3.8, 4) is 11.5 Å². The van der Waals surface area contributed by atoms with Crippen LogP contribution in [0.15, 0.2) is 18.2 Å². The highest BCUT2D eigenvalue weighted by Crippen LogP contribution is 2.41. The third-order valence-corrected chi connectivity index (χ3v) is 5.17. The SMILES string of the molecule is COc1ccc(C2C(N)CS2(=O)=O)c(OC)c1. The lowest BCUT2D eigenvalue weighted by Crippen LogP contribution is -2.50. The molecule has 0 saturated carbocycles. The van der Waals surface area contributed by atoms with Crippen molar-refractivity contribution in [3.63, 3.8) is 0 Å². The first-order valence-electron chi connectivity index (χ1n) is 5.18. The van der Waals surface area contributed by atoms with E-state index < -0.39 is 15.1 Å². The summed E-state index contributed by atoms with van der Waals surface area (Å²) >= 11 is 0. The molecule has 6 heteroatoms. The number of sulfone groups is 1. The first-order valence-corrected chi connectivity index (χ1v) is 6.90. The molecule has 1 aromatic rings. The predicted molar refractivity (Wildman–Crippen MR) is 64.0 cm³/mol. The molecule has 2 N–H and O–H groups in total. The Morgan fingerprint density at radius 1 is 1.29 bits per heavy atom. The van der Waals surface area contributed by atoms with Gasteiger partial charge in [-0.1, -0.05) is 6.07 Å². The van der Waals surface area contributed by atoms with Gasteiger partial charge < -0.3 is 15.2 Å². The fourth-order valence-corrected chi connectivity index (χ4v) is 3.87. The maximum atomic E-state index is 11.7. The Morgan fingerprint density at radius 2 is 2.00 bits per heavy atom. The van der Waals surface area contributed by atoms with Gasteiger partial charge in [0.1, 0.15) is 16.7 Å². The summed E-state index contributed by atoms with van der Waals surface area (Å²) < 4.78 is 33.6. The van der Waals surface area contributed by atoms with E-state index in [1.807, 2.05) is 0 Å². The summed E-state index contributed by atoms with van der Waals surface area (Å²) in [6.07, 6.45) is 0. The van der Waals surface area contributed by atoms with Crippen LogP contribution in [0.25, 0.3) is 0 Å². The molecule has 2 atom stereocenters. The Bertz CT molecular complexity index is 526. The quantitative estimate of drug-likeness (QED) is 0.853. The lowest BCUT2D eigenvalue weighted by Gasteiger charge is -2.34. The Hall–Kier alpha value is -1.27. The zero-order chi connectivity index (χ0) is 12.6. The van der Waals surface area contributed by atoms with Crippen LogP contribution in [0.2, 0.25) is 0 Å². The Morgan fingerprint density at radius 3 is 2.47 bits per heavy atom. The zero-order valence-corrected chi connectivity index (χ0v) is 10.5. The molecular formula is C11H15NO4S. The van der Waals surface area contributed by atoms with E-state index in [2.05, 4.69) is 0 Å². The van der Waals surface area contributed by atoms with Crippen molar-refractivity contribution in [2.24, 2.45) is 5.73 Å². The van der Waals surface area contributed by atoms with Crippen molar-refractivity contribution in [2.45, 2.75) is 11.3 Å². The fourth-order valence-electron chi connectivity index (χ4n) is 2.08. The van der Waals surface area contributed by atoms with E-state index in [9.17, 15) is 8.42 Å². The van der Waals surface area contributed by atoms with Crippen molar-refractivity contribution in [1.82, 2.24) is 0 Å². The number of nitrogens with two attached hydrogens (primary N) is 1. The normalized spacial score (nSPS) is 26.1. The van der Waals surface area contributed by atoms with Gasteiger partial charge in [0, 0.05) is 17.7 Å². The number of ether oxygens (including phenoxy) is 2. The Balaban J connectivity index is 2.45. The lowest BCUT2D eigenvalue weighted by molar-refractivity contribution is 0.387. The second-order valence-corrected chi connectivity index (χ2v) is 6.19. The number of benzene rings is 1. The molecule has 1 saturated heterocycles. The molecular weight excluding hydrogens is 242 g/mol. The van der Waals surface area contributed by atoms with Gasteiger partial charge in [0.15, 0.2) is 9.84 Å². The van der Waals surface area contributed by atoms with Crippen molar-refractivity contribution in [3.05, 3.63) is 23.8 Å². The average molecular weight is 257 g/mol. The molecule has 0 amide bonds. The van der Waals surface area contributed by atoms with Gasteiger partial charge in [0.25, 0.3) is 0 Å². The highest BCUT2D eigenvalue weighted by molar-refractivity contribution is 7.93. The highest BCUT2D eigenvalue weighted by atomic mass is 32.2. The van der Waals surface area contributed by atoms with E-state index in [4.69, 9.17) is 15.2 Å². The summed E-state index contributed by atoms with van der Waals surface area (Å²) in [6, 6.07) is 4.70. The minimum absolute atomic E-state index is 0.0346. The Labute approximate surface area is 100 Å². The molecule has 2 rings (SSSR count). The van der Waals surface area contributed by atoms with Gasteiger partial charge in [-0.15, -0.1) is 0 Å². The van der Waals surface area contributed by atoms with Crippen molar-refractivity contribution >= 4 is 9.84 Å². The van der Waals surface area contributed by atoms with E-state index in [1.165, 1.54) is 7.11 Å². The topological polar surface area (TPSA) is 78.6 Å². The van der Waals surface area contributed by atoms with Crippen LogP contribution < -0.4 is 15.2 Å². The summed E-state index contributed by atoms with van der Waals surface area (Å²) in [4.78, 5) is 0. The number of hydrogen-bond acceptors (Lipinski definition) is 5. The standard InChI is InChI=1S/C11H15NO4S/c1-15-7-3-4-8(10(5-7)16-2)11-9(12)6-17(11,13)14/h3-5,9,11H,6,12H2,1-2H3. The third kappa shape index (κ3) is 1.98. The van der Waals surface area contributed by atoms with Crippen LogP contribution in [-0.2, 0) is 9.84 Å². The number of rotatable bonds is 3. The molecule has 1 fully saturated rings. The smallest absolute Gasteiger partial charge is 0.160 e. The van der Waals surface area contributed by atoms with E-state index in [0.29, 0.717) is 17.1 Å². The van der Waals surface area contributed by atoms with Crippen LogP contribution in [0.4, 0.5) is 0 Å². The van der Waals surface area contributed by atoms with Crippen LogP contribution in [0.3, 0.4) is 0 Å². The van der Waals surface area contributed by atoms with Crippen LogP contribution in [-0.4, -0.2) is 34.4 Å². The number of hydrogen-bond donors (Lipinski definition) is 1. The highest BCUT2D eigenvalue weighted by Gasteiger charge is 2.46. The van der Waals surface area contributed by atoms with Crippen LogP contribution in [0.1, 0.15) is 10.8 Å². The van der Waals surface area contributed by atoms with Crippen molar-refractivity contribution in [2.75, 3.05) is 20.0 Å². The molecule has 0 aromatic heterocycles. The van der Waals surface area contributed by atoms with Gasteiger partial charge in [-0.3, -0.25) is 0 Å². The van der Waals surface area contributed by atoms with Gasteiger partial charge in [-0.2, -0.15) is 0 Å². The molecule has 0 radical (unpaired) electrons. The second-order valence-electron chi connectivity index (χ2n) is 4.02. The third-order valence-electron chi connectivity index (χ3n) is 2.95. The monoisotopic (exact) mass is 257 g/mol. The molecule has 94 valence electrons. The lowest BCUT2D eigenvalue weighted by atomic mass is 10.0. The predicted octanol–water partition coefficient (Wildman–Crippen LogP) is 0.501. The van der Waals surface area contributed by atoms with Gasteiger partial charge >= 0.3 is 0 Å². The summed E-state index contributed by atoms with van der Waals surface area (Å²) in [5, 5.41) is -0.664. The molecule has 2 unspecified atom stereocenters. The van der Waals surface area contributed by atoms with Gasteiger partial charge in [0.05, 0.1) is 20.0 Å².